The molecule has 0 N–H and O–H groups in total. The smallest absolute Gasteiger partial charge is 0.211 e. The van der Waals surface area contributed by atoms with Crippen molar-refractivity contribution < 1.29 is 9.59 Å². The molecule has 1 aliphatic carbocycles. The Morgan fingerprint density at radius 3 is 1.78 bits per heavy atom. The summed E-state index contributed by atoms with van der Waals surface area (Å²) in [5, 5.41) is 6.16. The molecule has 0 spiro atoms. The standard InChI is InChI=1S/C22H28O2S8/c1-3-19(23)27-9-17-11-29-21(31-17)13-25-15-6-5-7-16(8-15)26-14-22-30-12-18(32-22)10-28-20(24)4-2/h3-4,11-12,15-16,21-22H,1-2,5-10,13-14H2. The van der Waals surface area contributed by atoms with E-state index in [2.05, 4.69) is 47.5 Å². The van der Waals surface area contributed by atoms with E-state index in [1.54, 1.807) is 0 Å². The highest BCUT2D eigenvalue weighted by Crippen LogP contribution is 2.46. The van der Waals surface area contributed by atoms with Gasteiger partial charge in [0.25, 0.3) is 0 Å². The van der Waals surface area contributed by atoms with Crippen LogP contribution in [0.5, 0.6) is 0 Å². The highest BCUT2D eigenvalue weighted by Gasteiger charge is 2.27. The minimum atomic E-state index is 0.0585. The van der Waals surface area contributed by atoms with E-state index in [9.17, 15) is 9.59 Å². The molecule has 0 radical (unpaired) electrons. The van der Waals surface area contributed by atoms with Crippen LogP contribution in [0, 0.1) is 0 Å². The normalized spacial score (nSPS) is 27.6. The lowest BCUT2D eigenvalue weighted by Crippen LogP contribution is -2.21. The first kappa shape index (κ1) is 27.7. The predicted molar refractivity (Wildman–Crippen MR) is 160 cm³/mol. The number of hydrogen-bond donors (Lipinski definition) is 0. The summed E-state index contributed by atoms with van der Waals surface area (Å²) in [6.45, 7) is 7.07. The molecule has 0 aromatic heterocycles. The van der Waals surface area contributed by atoms with Gasteiger partial charge in [-0.25, -0.2) is 0 Å². The van der Waals surface area contributed by atoms with E-state index in [1.165, 1.54) is 82.7 Å². The fourth-order valence-corrected chi connectivity index (χ4v) is 13.6. The third-order valence-corrected chi connectivity index (χ3v) is 16.0. The molecule has 2 nitrogen and oxygen atoms in total. The second-order valence-electron chi connectivity index (χ2n) is 7.24. The number of hydrogen-bond acceptors (Lipinski definition) is 10. The summed E-state index contributed by atoms with van der Waals surface area (Å²) in [6.07, 6.45) is 8.16. The molecule has 3 rings (SSSR count). The van der Waals surface area contributed by atoms with E-state index in [4.69, 9.17) is 0 Å². The Hall–Kier alpha value is 1.10. The van der Waals surface area contributed by atoms with Gasteiger partial charge in [-0.15, -0.1) is 47.0 Å². The number of thioether (sulfide) groups is 8. The third kappa shape index (κ3) is 9.99. The van der Waals surface area contributed by atoms with Crippen molar-refractivity contribution in [3.63, 3.8) is 0 Å². The summed E-state index contributed by atoms with van der Waals surface area (Å²) in [4.78, 5) is 25.5. The molecule has 1 fully saturated rings. The maximum absolute atomic E-state index is 11.4. The molecule has 1 saturated carbocycles. The molecule has 3 aliphatic rings. The Kier molecular flexibility index (Phi) is 13.2. The summed E-state index contributed by atoms with van der Waals surface area (Å²) in [7, 11) is 0. The van der Waals surface area contributed by atoms with E-state index >= 15 is 0 Å². The summed E-state index contributed by atoms with van der Waals surface area (Å²) in [6, 6.07) is 0. The Balaban J connectivity index is 1.28. The summed E-state index contributed by atoms with van der Waals surface area (Å²) >= 11 is 14.7. The van der Waals surface area contributed by atoms with Crippen LogP contribution < -0.4 is 0 Å². The first-order valence-electron chi connectivity index (χ1n) is 10.4. The van der Waals surface area contributed by atoms with Crippen LogP contribution >= 0.6 is 94.1 Å². The van der Waals surface area contributed by atoms with E-state index < -0.39 is 0 Å². The Labute approximate surface area is 226 Å². The van der Waals surface area contributed by atoms with E-state index in [-0.39, 0.29) is 10.2 Å². The second kappa shape index (κ2) is 15.3. The van der Waals surface area contributed by atoms with Gasteiger partial charge in [0, 0.05) is 43.3 Å². The van der Waals surface area contributed by atoms with Gasteiger partial charge in [0.15, 0.2) is 0 Å². The topological polar surface area (TPSA) is 34.1 Å². The Bertz CT molecular complexity index is 690. The molecule has 4 atom stereocenters. The van der Waals surface area contributed by atoms with Crippen LogP contribution in [0.2, 0.25) is 0 Å². The zero-order chi connectivity index (χ0) is 22.8. The number of carbonyl (C=O) groups excluding carboxylic acids is 2. The predicted octanol–water partition coefficient (Wildman–Crippen LogP) is 7.95. The van der Waals surface area contributed by atoms with Gasteiger partial charge in [-0.1, -0.05) is 43.1 Å². The van der Waals surface area contributed by atoms with Crippen molar-refractivity contribution in [2.24, 2.45) is 0 Å². The average Bonchev–Trinajstić information content (AvgIpc) is 3.48. The molecule has 4 unspecified atom stereocenters. The first-order chi connectivity index (χ1) is 15.6. The van der Waals surface area contributed by atoms with Crippen molar-refractivity contribution in [2.75, 3.05) is 23.0 Å². The average molecular weight is 581 g/mol. The van der Waals surface area contributed by atoms with Crippen molar-refractivity contribution in [3.05, 3.63) is 45.9 Å². The first-order valence-corrected chi connectivity index (χ1v) is 18.1. The minimum absolute atomic E-state index is 0.0585. The molecule has 0 saturated heterocycles. The highest BCUT2D eigenvalue weighted by molar-refractivity contribution is 8.25. The number of rotatable bonds is 12. The van der Waals surface area contributed by atoms with Gasteiger partial charge in [-0.2, -0.15) is 23.5 Å². The quantitative estimate of drug-likeness (QED) is 0.212. The zero-order valence-corrected chi connectivity index (χ0v) is 24.3. The molecule has 0 bridgehead atoms. The van der Waals surface area contributed by atoms with Crippen molar-refractivity contribution in [3.8, 4) is 0 Å². The maximum Gasteiger partial charge on any atom is 0.211 e. The number of carbonyl (C=O) groups is 2. The van der Waals surface area contributed by atoms with Crippen LogP contribution in [0.4, 0.5) is 0 Å². The van der Waals surface area contributed by atoms with Gasteiger partial charge in [0.1, 0.15) is 0 Å². The molecule has 176 valence electrons. The van der Waals surface area contributed by atoms with Crippen LogP contribution in [-0.4, -0.2) is 52.9 Å². The van der Waals surface area contributed by atoms with E-state index in [1.807, 2.05) is 47.0 Å². The SMILES string of the molecule is C=CC(=O)SCC1=CSC(CSC2CCCC(SCC3SC=C(CSC(=O)C=C)S3)C2)S1. The van der Waals surface area contributed by atoms with Gasteiger partial charge >= 0.3 is 0 Å². The van der Waals surface area contributed by atoms with Gasteiger partial charge < -0.3 is 0 Å². The third-order valence-electron chi connectivity index (χ3n) is 4.83. The molecule has 2 aliphatic heterocycles. The van der Waals surface area contributed by atoms with Gasteiger partial charge in [0.05, 0.1) is 9.16 Å². The minimum Gasteiger partial charge on any atom is -0.282 e. The molecule has 0 amide bonds. The van der Waals surface area contributed by atoms with Gasteiger partial charge in [0.2, 0.25) is 10.2 Å². The van der Waals surface area contributed by atoms with Gasteiger partial charge in [-0.3, -0.25) is 9.59 Å². The van der Waals surface area contributed by atoms with Crippen molar-refractivity contribution in [1.82, 2.24) is 0 Å². The summed E-state index contributed by atoms with van der Waals surface area (Å²) < 4.78 is 1.17. The Morgan fingerprint density at radius 1 is 0.875 bits per heavy atom. The lowest BCUT2D eigenvalue weighted by Gasteiger charge is -2.29. The molecule has 10 heteroatoms. The fraction of sp³-hybridized carbons (Fsp3) is 0.545. The van der Waals surface area contributed by atoms with E-state index in [0.717, 1.165) is 22.0 Å². The lowest BCUT2D eigenvalue weighted by molar-refractivity contribution is -0.107. The molecule has 0 aromatic carbocycles. The summed E-state index contributed by atoms with van der Waals surface area (Å²) in [5.41, 5.74) is 0. The largest absolute Gasteiger partial charge is 0.282 e. The lowest BCUT2D eigenvalue weighted by atomic mass is 10.00. The van der Waals surface area contributed by atoms with Crippen LogP contribution in [0.3, 0.4) is 0 Å². The van der Waals surface area contributed by atoms with Gasteiger partial charge in [-0.05, 0) is 42.2 Å². The highest BCUT2D eigenvalue weighted by atomic mass is 32.2. The van der Waals surface area contributed by atoms with Crippen LogP contribution in [-0.2, 0) is 9.59 Å². The van der Waals surface area contributed by atoms with Crippen LogP contribution in [0.15, 0.2) is 45.9 Å². The summed E-state index contributed by atoms with van der Waals surface area (Å²) in [5.74, 6) is 3.92. The van der Waals surface area contributed by atoms with Crippen molar-refractivity contribution in [1.29, 1.82) is 0 Å². The molecule has 32 heavy (non-hydrogen) atoms. The van der Waals surface area contributed by atoms with E-state index in [0.29, 0.717) is 9.16 Å². The maximum atomic E-state index is 11.4. The second-order valence-corrected chi connectivity index (χ2v) is 17.3. The molecule has 0 aromatic rings. The van der Waals surface area contributed by atoms with Crippen LogP contribution in [0.1, 0.15) is 25.7 Å². The molecule has 2 heterocycles. The fourth-order valence-electron chi connectivity index (χ4n) is 3.27. The molecular weight excluding hydrogens is 553 g/mol. The zero-order valence-electron chi connectivity index (χ0n) is 17.8. The van der Waals surface area contributed by atoms with Crippen molar-refractivity contribution in [2.45, 2.75) is 45.3 Å². The molecular formula is C22H28O2S8. The monoisotopic (exact) mass is 580 g/mol. The van der Waals surface area contributed by atoms with Crippen LogP contribution in [0.25, 0.3) is 0 Å². The van der Waals surface area contributed by atoms with Crippen molar-refractivity contribution >= 4 is 104 Å². The Morgan fingerprint density at radius 2 is 1.34 bits per heavy atom.